The van der Waals surface area contributed by atoms with Crippen LogP contribution in [0.2, 0.25) is 5.54 Å². The topological polar surface area (TPSA) is 65.0 Å². The first-order chi connectivity index (χ1) is 18.0. The lowest BCUT2D eigenvalue weighted by Crippen LogP contribution is -2.53. The molecule has 202 valence electrons. The van der Waals surface area contributed by atoms with E-state index in [1.807, 2.05) is 32.9 Å². The highest BCUT2D eigenvalue weighted by Crippen LogP contribution is 2.48. The molecule has 1 saturated carbocycles. The van der Waals surface area contributed by atoms with Gasteiger partial charge in [-0.1, -0.05) is 61.9 Å². The second-order valence-electron chi connectivity index (χ2n) is 9.79. The largest absolute Gasteiger partial charge is 0.504 e. The van der Waals surface area contributed by atoms with Crippen molar-refractivity contribution >= 4 is 20.8 Å². The Morgan fingerprint density at radius 2 is 1.57 bits per heavy atom. The van der Waals surface area contributed by atoms with Crippen LogP contribution in [0.5, 0.6) is 0 Å². The highest BCUT2D eigenvalue weighted by atomic mass is 28.4. The Hall–Kier alpha value is -2.25. The SMILES string of the molecule is CCCC(C1CCC(c2cc(/C=C/C(=O)O)ccc2-c2ccccc2)CC1)[Si](OCC)(OCC)OCC. The van der Waals surface area contributed by atoms with E-state index in [-0.39, 0.29) is 0 Å². The molecule has 2 aromatic rings. The lowest BCUT2D eigenvalue weighted by atomic mass is 9.75. The van der Waals surface area contributed by atoms with Gasteiger partial charge in [0.05, 0.1) is 0 Å². The Bertz CT molecular complexity index is 981. The van der Waals surface area contributed by atoms with Gasteiger partial charge < -0.3 is 18.4 Å². The predicted molar refractivity (Wildman–Crippen MR) is 153 cm³/mol. The van der Waals surface area contributed by atoms with E-state index in [9.17, 15) is 4.79 Å². The molecule has 1 atom stereocenters. The van der Waals surface area contributed by atoms with E-state index in [1.165, 1.54) is 22.8 Å². The maximum atomic E-state index is 11.1. The summed E-state index contributed by atoms with van der Waals surface area (Å²) in [5.41, 5.74) is 5.00. The third kappa shape index (κ3) is 7.63. The van der Waals surface area contributed by atoms with Gasteiger partial charge in [-0.3, -0.25) is 0 Å². The van der Waals surface area contributed by atoms with Crippen molar-refractivity contribution in [2.75, 3.05) is 19.8 Å². The molecule has 1 fully saturated rings. The van der Waals surface area contributed by atoms with Crippen molar-refractivity contribution in [3.63, 3.8) is 0 Å². The number of benzene rings is 2. The lowest BCUT2D eigenvalue weighted by molar-refractivity contribution is -0.131. The molecule has 0 spiro atoms. The van der Waals surface area contributed by atoms with Crippen LogP contribution in [0.1, 0.15) is 83.3 Å². The van der Waals surface area contributed by atoms with Crippen LogP contribution < -0.4 is 0 Å². The van der Waals surface area contributed by atoms with Gasteiger partial charge in [-0.05, 0) is 93.0 Å². The molecular formula is C31H44O5Si. The van der Waals surface area contributed by atoms with E-state index in [1.54, 1.807) is 6.08 Å². The van der Waals surface area contributed by atoms with Gasteiger partial charge in [0.1, 0.15) is 0 Å². The van der Waals surface area contributed by atoms with Crippen LogP contribution in [0.15, 0.2) is 54.6 Å². The van der Waals surface area contributed by atoms with Crippen LogP contribution in [-0.2, 0) is 18.1 Å². The molecule has 0 radical (unpaired) electrons. The van der Waals surface area contributed by atoms with Gasteiger partial charge in [-0.2, -0.15) is 0 Å². The molecule has 0 amide bonds. The smallest absolute Gasteiger partial charge is 0.478 e. The summed E-state index contributed by atoms with van der Waals surface area (Å²) in [4.78, 5) is 11.1. The summed E-state index contributed by atoms with van der Waals surface area (Å²) >= 11 is 0. The number of hydrogen-bond acceptors (Lipinski definition) is 4. The molecule has 0 saturated heterocycles. The Kier molecular flexibility index (Phi) is 11.6. The summed E-state index contributed by atoms with van der Waals surface area (Å²) in [6, 6.07) is 16.8. The predicted octanol–water partition coefficient (Wildman–Crippen LogP) is 7.94. The zero-order chi connectivity index (χ0) is 26.7. The van der Waals surface area contributed by atoms with Gasteiger partial charge in [-0.25, -0.2) is 4.79 Å². The quantitative estimate of drug-likeness (QED) is 0.201. The van der Waals surface area contributed by atoms with Crippen LogP contribution in [0.25, 0.3) is 17.2 Å². The highest BCUT2D eigenvalue weighted by molar-refractivity contribution is 6.62. The minimum Gasteiger partial charge on any atom is -0.478 e. The average molecular weight is 525 g/mol. The lowest BCUT2D eigenvalue weighted by Gasteiger charge is -2.42. The van der Waals surface area contributed by atoms with Crippen LogP contribution in [0.4, 0.5) is 0 Å². The van der Waals surface area contributed by atoms with Gasteiger partial charge in [0, 0.05) is 31.4 Å². The summed E-state index contributed by atoms with van der Waals surface area (Å²) in [5.74, 6) is 0.0127. The van der Waals surface area contributed by atoms with Crippen molar-refractivity contribution in [2.45, 2.75) is 77.7 Å². The molecular weight excluding hydrogens is 480 g/mol. The van der Waals surface area contributed by atoms with E-state index in [0.29, 0.717) is 37.2 Å². The van der Waals surface area contributed by atoms with Gasteiger partial charge in [0.15, 0.2) is 0 Å². The Labute approximate surface area is 224 Å². The summed E-state index contributed by atoms with van der Waals surface area (Å²) in [6.45, 7) is 10.2. The zero-order valence-corrected chi connectivity index (χ0v) is 23.9. The highest BCUT2D eigenvalue weighted by Gasteiger charge is 2.52. The Balaban J connectivity index is 1.89. The molecule has 0 bridgehead atoms. The summed E-state index contributed by atoms with van der Waals surface area (Å²) in [5, 5.41) is 9.12. The second kappa shape index (κ2) is 14.6. The standard InChI is InChI=1S/C31H44O5Si/c1-5-12-30(37(34-6-2,35-7-3)36-8-4)27-19-17-26(18-20-27)29-23-24(16-22-31(32)33)15-21-28(29)25-13-10-9-11-14-25/h9-11,13-16,21-23,26-27,30H,5-8,12,17-20H2,1-4H3,(H,32,33)/b22-16+. The molecule has 0 heterocycles. The fourth-order valence-electron chi connectivity index (χ4n) is 5.97. The minimum absolute atomic E-state index is 0.316. The van der Waals surface area contributed by atoms with Crippen molar-refractivity contribution in [2.24, 2.45) is 5.92 Å². The van der Waals surface area contributed by atoms with Gasteiger partial charge in [0.2, 0.25) is 0 Å². The third-order valence-corrected chi connectivity index (χ3v) is 11.2. The minimum atomic E-state index is -2.79. The molecule has 2 aromatic carbocycles. The molecule has 37 heavy (non-hydrogen) atoms. The Morgan fingerprint density at radius 3 is 2.11 bits per heavy atom. The first-order valence-corrected chi connectivity index (χ1v) is 15.8. The molecule has 1 aliphatic carbocycles. The van der Waals surface area contributed by atoms with Crippen molar-refractivity contribution < 1.29 is 23.2 Å². The van der Waals surface area contributed by atoms with Crippen LogP contribution in [0.3, 0.4) is 0 Å². The number of hydrogen-bond donors (Lipinski definition) is 1. The number of rotatable bonds is 14. The van der Waals surface area contributed by atoms with E-state index in [4.69, 9.17) is 18.4 Å². The van der Waals surface area contributed by atoms with Crippen LogP contribution in [0, 0.1) is 5.92 Å². The summed E-state index contributed by atoms with van der Waals surface area (Å²) in [7, 11) is -2.79. The molecule has 1 unspecified atom stereocenters. The first-order valence-electron chi connectivity index (χ1n) is 14.0. The van der Waals surface area contributed by atoms with Crippen molar-refractivity contribution in [1.82, 2.24) is 0 Å². The summed E-state index contributed by atoms with van der Waals surface area (Å²) in [6.07, 6.45) is 9.45. The van der Waals surface area contributed by atoms with Crippen molar-refractivity contribution in [1.29, 1.82) is 0 Å². The fraction of sp³-hybridized carbons (Fsp3) is 0.516. The van der Waals surface area contributed by atoms with Gasteiger partial charge in [-0.15, -0.1) is 0 Å². The first kappa shape index (κ1) is 29.3. The third-order valence-electron chi connectivity index (χ3n) is 7.45. The normalized spacial score (nSPS) is 19.2. The van der Waals surface area contributed by atoms with Gasteiger partial charge >= 0.3 is 14.8 Å². The molecule has 0 aliphatic heterocycles. The molecule has 6 heteroatoms. The number of carbonyl (C=O) groups is 1. The number of carboxylic acids is 1. The van der Waals surface area contributed by atoms with E-state index in [0.717, 1.165) is 44.1 Å². The second-order valence-corrected chi connectivity index (χ2v) is 12.6. The van der Waals surface area contributed by atoms with E-state index >= 15 is 0 Å². The van der Waals surface area contributed by atoms with Crippen molar-refractivity contribution in [3.05, 3.63) is 65.7 Å². The molecule has 1 aliphatic rings. The molecule has 3 rings (SSSR count). The molecule has 5 nitrogen and oxygen atoms in total. The maximum absolute atomic E-state index is 11.1. The van der Waals surface area contributed by atoms with E-state index < -0.39 is 14.8 Å². The van der Waals surface area contributed by atoms with Crippen LogP contribution >= 0.6 is 0 Å². The number of carboxylic acid groups (broad SMARTS) is 1. The molecule has 0 aromatic heterocycles. The zero-order valence-electron chi connectivity index (χ0n) is 22.9. The van der Waals surface area contributed by atoms with Gasteiger partial charge in [0.25, 0.3) is 0 Å². The van der Waals surface area contributed by atoms with Crippen molar-refractivity contribution in [3.8, 4) is 11.1 Å². The summed E-state index contributed by atoms with van der Waals surface area (Å²) < 4.78 is 19.1. The van der Waals surface area contributed by atoms with E-state index in [2.05, 4.69) is 43.3 Å². The fourth-order valence-corrected chi connectivity index (χ4v) is 9.62. The monoisotopic (exact) mass is 524 g/mol. The number of aliphatic carboxylic acids is 1. The maximum Gasteiger partial charge on any atom is 0.504 e. The Morgan fingerprint density at radius 1 is 0.946 bits per heavy atom. The van der Waals surface area contributed by atoms with Crippen LogP contribution in [-0.4, -0.2) is 39.7 Å². The molecule has 1 N–H and O–H groups in total. The average Bonchev–Trinajstić information content (AvgIpc) is 2.91.